The third kappa shape index (κ3) is 3.55. The highest BCUT2D eigenvalue weighted by Gasteiger charge is 2.22. The number of rotatable bonds is 5. The molecule has 1 aromatic carbocycles. The topological polar surface area (TPSA) is 69.6 Å². The quantitative estimate of drug-likeness (QED) is 0.746. The second-order valence-electron chi connectivity index (χ2n) is 4.82. The molecule has 1 aromatic rings. The summed E-state index contributed by atoms with van der Waals surface area (Å²) in [6.45, 7) is 7.28. The van der Waals surface area contributed by atoms with Gasteiger partial charge >= 0.3 is 5.97 Å². The van der Waals surface area contributed by atoms with Gasteiger partial charge in [-0.1, -0.05) is 23.8 Å². The molecule has 3 unspecified atom stereocenters. The average molecular weight is 251 g/mol. The first-order valence-corrected chi connectivity index (χ1v) is 6.07. The van der Waals surface area contributed by atoms with Gasteiger partial charge in [0.05, 0.1) is 6.10 Å². The normalized spacial score (nSPS) is 16.1. The molecule has 100 valence electrons. The van der Waals surface area contributed by atoms with Gasteiger partial charge in [0, 0.05) is 6.04 Å². The largest absolute Gasteiger partial charge is 0.480 e. The van der Waals surface area contributed by atoms with E-state index in [9.17, 15) is 9.90 Å². The first-order chi connectivity index (χ1) is 8.32. The van der Waals surface area contributed by atoms with E-state index in [0.29, 0.717) is 0 Å². The first-order valence-electron chi connectivity index (χ1n) is 6.07. The van der Waals surface area contributed by atoms with Crippen LogP contribution >= 0.6 is 0 Å². The van der Waals surface area contributed by atoms with Gasteiger partial charge < -0.3 is 10.2 Å². The summed E-state index contributed by atoms with van der Waals surface area (Å²) in [6.07, 6.45) is -0.715. The molecule has 4 heteroatoms. The van der Waals surface area contributed by atoms with Gasteiger partial charge in [-0.3, -0.25) is 10.1 Å². The molecule has 3 N–H and O–H groups in total. The van der Waals surface area contributed by atoms with E-state index in [1.54, 1.807) is 13.8 Å². The van der Waals surface area contributed by atoms with Crippen molar-refractivity contribution in [3.8, 4) is 0 Å². The Hall–Kier alpha value is -1.39. The van der Waals surface area contributed by atoms with Crippen LogP contribution < -0.4 is 5.32 Å². The number of benzene rings is 1. The van der Waals surface area contributed by atoms with Crippen LogP contribution in [0.15, 0.2) is 18.2 Å². The third-order valence-electron chi connectivity index (χ3n) is 3.10. The molecule has 4 nitrogen and oxygen atoms in total. The molecule has 0 radical (unpaired) electrons. The number of carboxylic acid groups (broad SMARTS) is 1. The van der Waals surface area contributed by atoms with Crippen LogP contribution in [0, 0.1) is 13.8 Å². The van der Waals surface area contributed by atoms with E-state index in [1.165, 1.54) is 0 Å². The molecule has 0 aliphatic carbocycles. The summed E-state index contributed by atoms with van der Waals surface area (Å²) >= 11 is 0. The summed E-state index contributed by atoms with van der Waals surface area (Å²) < 4.78 is 0. The highest BCUT2D eigenvalue weighted by Crippen LogP contribution is 2.21. The van der Waals surface area contributed by atoms with Gasteiger partial charge in [-0.05, 0) is 38.8 Å². The molecule has 0 bridgehead atoms. The molecular formula is C14H21NO3. The lowest BCUT2D eigenvalue weighted by Gasteiger charge is -2.24. The van der Waals surface area contributed by atoms with Crippen molar-refractivity contribution in [1.29, 1.82) is 0 Å². The monoisotopic (exact) mass is 251 g/mol. The maximum Gasteiger partial charge on any atom is 0.320 e. The van der Waals surface area contributed by atoms with Crippen molar-refractivity contribution in [3.05, 3.63) is 34.9 Å². The lowest BCUT2D eigenvalue weighted by molar-refractivity contribution is -0.139. The molecule has 0 saturated heterocycles. The Bertz CT molecular complexity index is 431. The Morgan fingerprint density at radius 2 is 1.89 bits per heavy atom. The SMILES string of the molecule is Cc1ccc(C(O)C(C)NC(C)C(=O)O)c(C)c1. The third-order valence-corrected chi connectivity index (χ3v) is 3.10. The first kappa shape index (κ1) is 14.7. The summed E-state index contributed by atoms with van der Waals surface area (Å²) in [7, 11) is 0. The minimum Gasteiger partial charge on any atom is -0.480 e. The fourth-order valence-electron chi connectivity index (χ4n) is 1.98. The predicted molar refractivity (Wildman–Crippen MR) is 70.6 cm³/mol. The maximum atomic E-state index is 10.8. The highest BCUT2D eigenvalue weighted by atomic mass is 16.4. The number of nitrogens with one attached hydrogen (secondary N) is 1. The van der Waals surface area contributed by atoms with Gasteiger partial charge in [0.2, 0.25) is 0 Å². The summed E-state index contributed by atoms with van der Waals surface area (Å²) in [5, 5.41) is 21.9. The Morgan fingerprint density at radius 3 is 2.39 bits per heavy atom. The van der Waals surface area contributed by atoms with Gasteiger partial charge in [-0.2, -0.15) is 0 Å². The maximum absolute atomic E-state index is 10.8. The van der Waals surface area contributed by atoms with Crippen molar-refractivity contribution >= 4 is 5.97 Å². The summed E-state index contributed by atoms with van der Waals surface area (Å²) in [5.74, 6) is -0.922. The lowest BCUT2D eigenvalue weighted by atomic mass is 9.97. The van der Waals surface area contributed by atoms with Crippen molar-refractivity contribution in [2.75, 3.05) is 0 Å². The number of hydrogen-bond acceptors (Lipinski definition) is 3. The standard InChI is InChI=1S/C14H21NO3/c1-8-5-6-12(9(2)7-8)13(16)10(3)15-11(4)14(17)18/h5-7,10-11,13,15-16H,1-4H3,(H,17,18). The van der Waals surface area contributed by atoms with E-state index >= 15 is 0 Å². The number of aliphatic hydroxyl groups is 1. The van der Waals surface area contributed by atoms with Crippen molar-refractivity contribution in [2.45, 2.75) is 45.9 Å². The van der Waals surface area contributed by atoms with Crippen molar-refractivity contribution < 1.29 is 15.0 Å². The number of carbonyl (C=O) groups is 1. The van der Waals surface area contributed by atoms with Crippen molar-refractivity contribution in [1.82, 2.24) is 5.32 Å². The molecule has 0 saturated carbocycles. The Kier molecular flexibility index (Phi) is 4.87. The van der Waals surface area contributed by atoms with E-state index in [-0.39, 0.29) is 6.04 Å². The van der Waals surface area contributed by atoms with Gasteiger partial charge in [0.1, 0.15) is 6.04 Å². The fraction of sp³-hybridized carbons (Fsp3) is 0.500. The molecule has 3 atom stereocenters. The fourth-order valence-corrected chi connectivity index (χ4v) is 1.98. The average Bonchev–Trinajstić information content (AvgIpc) is 2.27. The summed E-state index contributed by atoms with van der Waals surface area (Å²) in [5.41, 5.74) is 2.99. The number of aliphatic carboxylic acids is 1. The van der Waals surface area contributed by atoms with Gasteiger partial charge in [0.25, 0.3) is 0 Å². The number of hydrogen-bond donors (Lipinski definition) is 3. The molecular weight excluding hydrogens is 230 g/mol. The van der Waals surface area contributed by atoms with E-state index in [2.05, 4.69) is 5.32 Å². The summed E-state index contributed by atoms with van der Waals surface area (Å²) in [6, 6.07) is 4.84. The van der Waals surface area contributed by atoms with Crippen LogP contribution in [-0.4, -0.2) is 28.3 Å². The second kappa shape index (κ2) is 5.98. The Labute approximate surface area is 108 Å². The van der Waals surface area contributed by atoms with Crippen LogP contribution in [0.1, 0.15) is 36.6 Å². The zero-order valence-electron chi connectivity index (χ0n) is 11.3. The molecule has 0 aliphatic rings. The zero-order valence-corrected chi connectivity index (χ0v) is 11.3. The van der Waals surface area contributed by atoms with Crippen LogP contribution in [0.25, 0.3) is 0 Å². The van der Waals surface area contributed by atoms with Crippen LogP contribution in [0.4, 0.5) is 0 Å². The van der Waals surface area contributed by atoms with E-state index in [4.69, 9.17) is 5.11 Å². The minimum absolute atomic E-state index is 0.322. The van der Waals surface area contributed by atoms with Crippen molar-refractivity contribution in [3.63, 3.8) is 0 Å². The van der Waals surface area contributed by atoms with Gasteiger partial charge in [0.15, 0.2) is 0 Å². The van der Waals surface area contributed by atoms with Crippen LogP contribution in [-0.2, 0) is 4.79 Å². The highest BCUT2D eigenvalue weighted by molar-refractivity contribution is 5.72. The predicted octanol–water partition coefficient (Wildman–Crippen LogP) is 1.79. The second-order valence-corrected chi connectivity index (χ2v) is 4.82. The van der Waals surface area contributed by atoms with Crippen molar-refractivity contribution in [2.24, 2.45) is 0 Å². The smallest absolute Gasteiger partial charge is 0.320 e. The molecule has 0 fully saturated rings. The van der Waals surface area contributed by atoms with E-state index in [1.807, 2.05) is 32.0 Å². The molecule has 1 rings (SSSR count). The van der Waals surface area contributed by atoms with E-state index in [0.717, 1.165) is 16.7 Å². The van der Waals surface area contributed by atoms with Gasteiger partial charge in [-0.15, -0.1) is 0 Å². The Morgan fingerprint density at radius 1 is 1.28 bits per heavy atom. The molecule has 0 aliphatic heterocycles. The van der Waals surface area contributed by atoms with Crippen LogP contribution in [0.3, 0.4) is 0 Å². The lowest BCUT2D eigenvalue weighted by Crippen LogP contribution is -2.42. The molecule has 18 heavy (non-hydrogen) atoms. The molecule has 0 aromatic heterocycles. The van der Waals surface area contributed by atoms with Crippen LogP contribution in [0.2, 0.25) is 0 Å². The number of aryl methyl sites for hydroxylation is 2. The number of carboxylic acids is 1. The van der Waals surface area contributed by atoms with Gasteiger partial charge in [-0.25, -0.2) is 0 Å². The Balaban J connectivity index is 2.80. The molecule has 0 amide bonds. The number of aliphatic hydroxyl groups excluding tert-OH is 1. The molecule has 0 heterocycles. The van der Waals surface area contributed by atoms with E-state index < -0.39 is 18.1 Å². The summed E-state index contributed by atoms with van der Waals surface area (Å²) in [4.78, 5) is 10.8. The van der Waals surface area contributed by atoms with Crippen LogP contribution in [0.5, 0.6) is 0 Å². The minimum atomic E-state index is -0.922. The zero-order chi connectivity index (χ0) is 13.9. The molecule has 0 spiro atoms.